The third-order valence-corrected chi connectivity index (χ3v) is 4.35. The van der Waals surface area contributed by atoms with Gasteiger partial charge in [0.15, 0.2) is 11.5 Å². The first-order valence-corrected chi connectivity index (χ1v) is 8.80. The summed E-state index contributed by atoms with van der Waals surface area (Å²) in [5.41, 5.74) is 3.89. The van der Waals surface area contributed by atoms with Crippen LogP contribution in [0.5, 0.6) is 11.5 Å². The van der Waals surface area contributed by atoms with Gasteiger partial charge in [-0.3, -0.25) is 10.0 Å². The van der Waals surface area contributed by atoms with E-state index in [9.17, 15) is 4.79 Å². The number of hydrogen-bond donors (Lipinski definition) is 3. The van der Waals surface area contributed by atoms with Crippen LogP contribution in [0.1, 0.15) is 6.42 Å². The monoisotopic (exact) mass is 394 g/mol. The molecule has 2 aromatic carbocycles. The van der Waals surface area contributed by atoms with Gasteiger partial charge in [0.05, 0.1) is 31.9 Å². The Balaban J connectivity index is 1.66. The Morgan fingerprint density at radius 2 is 2.07 bits per heavy atom. The van der Waals surface area contributed by atoms with E-state index in [4.69, 9.17) is 19.1 Å². The van der Waals surface area contributed by atoms with Crippen molar-refractivity contribution >= 4 is 39.3 Å². The van der Waals surface area contributed by atoms with Crippen molar-refractivity contribution < 1.29 is 23.9 Å². The molecule has 0 atom stereocenters. The lowest BCUT2D eigenvalue weighted by Crippen LogP contribution is -2.20. The molecule has 0 aliphatic rings. The molecule has 3 N–H and O–H groups in total. The van der Waals surface area contributed by atoms with Crippen LogP contribution >= 0.6 is 0 Å². The molecular weight excluding hydrogens is 376 g/mol. The predicted molar refractivity (Wildman–Crippen MR) is 106 cm³/mol. The summed E-state index contributed by atoms with van der Waals surface area (Å²) >= 11 is 0. The summed E-state index contributed by atoms with van der Waals surface area (Å²) in [7, 11) is 1.52. The van der Waals surface area contributed by atoms with Gasteiger partial charge in [-0.2, -0.15) is 0 Å². The van der Waals surface area contributed by atoms with Crippen LogP contribution in [0.3, 0.4) is 0 Å². The lowest BCUT2D eigenvalue weighted by molar-refractivity contribution is -0.129. The number of anilines is 2. The number of ether oxygens (including phenoxy) is 2. The third kappa shape index (κ3) is 3.90. The Labute approximate surface area is 165 Å². The van der Waals surface area contributed by atoms with Crippen molar-refractivity contribution in [3.8, 4) is 11.5 Å². The molecule has 0 aliphatic carbocycles. The van der Waals surface area contributed by atoms with Crippen LogP contribution in [0.4, 0.5) is 11.5 Å². The molecule has 148 valence electrons. The summed E-state index contributed by atoms with van der Waals surface area (Å²) in [6, 6.07) is 11.1. The molecule has 0 fully saturated rings. The van der Waals surface area contributed by atoms with E-state index >= 15 is 0 Å². The largest absolute Gasteiger partial charge is 0.493 e. The normalized spacial score (nSPS) is 10.8. The minimum Gasteiger partial charge on any atom is -0.493 e. The van der Waals surface area contributed by atoms with Crippen molar-refractivity contribution in [2.45, 2.75) is 6.42 Å². The Kier molecular flexibility index (Phi) is 5.12. The van der Waals surface area contributed by atoms with E-state index in [0.717, 1.165) is 22.0 Å². The van der Waals surface area contributed by atoms with Crippen LogP contribution in [0.15, 0.2) is 53.4 Å². The Morgan fingerprint density at radius 1 is 1.17 bits per heavy atom. The maximum atomic E-state index is 11.2. The molecule has 9 nitrogen and oxygen atoms in total. The first-order chi connectivity index (χ1) is 14.2. The molecule has 0 unspecified atom stereocenters. The number of amides is 1. The SMILES string of the molecule is COc1cc2ncnc(Nc3ccc4occc4c3)c2cc1OCCC(=O)NO. The van der Waals surface area contributed by atoms with E-state index in [0.29, 0.717) is 22.8 Å². The van der Waals surface area contributed by atoms with Crippen molar-refractivity contribution in [2.24, 2.45) is 0 Å². The van der Waals surface area contributed by atoms with Gasteiger partial charge in [-0.1, -0.05) is 0 Å². The first-order valence-electron chi connectivity index (χ1n) is 8.80. The number of nitrogens with one attached hydrogen (secondary N) is 2. The molecule has 2 heterocycles. The molecule has 0 radical (unpaired) electrons. The number of aromatic nitrogens is 2. The van der Waals surface area contributed by atoms with Gasteiger partial charge in [0.2, 0.25) is 5.91 Å². The highest BCUT2D eigenvalue weighted by Crippen LogP contribution is 2.35. The summed E-state index contributed by atoms with van der Waals surface area (Å²) in [5.74, 6) is 0.976. The second-order valence-corrected chi connectivity index (χ2v) is 6.17. The van der Waals surface area contributed by atoms with Crippen LogP contribution in [0, 0.1) is 0 Å². The Hall–Kier alpha value is -3.85. The molecule has 4 rings (SSSR count). The number of hydrogen-bond acceptors (Lipinski definition) is 8. The Morgan fingerprint density at radius 3 is 2.90 bits per heavy atom. The van der Waals surface area contributed by atoms with Crippen molar-refractivity contribution in [2.75, 3.05) is 19.0 Å². The number of nitrogens with zero attached hydrogens (tertiary/aromatic N) is 2. The summed E-state index contributed by atoms with van der Waals surface area (Å²) in [4.78, 5) is 19.8. The highest BCUT2D eigenvalue weighted by Gasteiger charge is 2.13. The molecular formula is C20H18N4O5. The van der Waals surface area contributed by atoms with E-state index in [1.807, 2.05) is 24.3 Å². The highest BCUT2D eigenvalue weighted by atomic mass is 16.5. The number of carbonyl (C=O) groups excluding carboxylic acids is 1. The molecule has 0 bridgehead atoms. The second kappa shape index (κ2) is 8.03. The molecule has 0 saturated carbocycles. The molecule has 9 heteroatoms. The van der Waals surface area contributed by atoms with E-state index in [1.54, 1.807) is 23.9 Å². The fourth-order valence-corrected chi connectivity index (χ4v) is 2.93. The van der Waals surface area contributed by atoms with E-state index in [-0.39, 0.29) is 13.0 Å². The maximum Gasteiger partial charge on any atom is 0.246 e. The fraction of sp³-hybridized carbons (Fsp3) is 0.150. The van der Waals surface area contributed by atoms with Crippen LogP contribution in [-0.4, -0.2) is 34.8 Å². The van der Waals surface area contributed by atoms with Gasteiger partial charge < -0.3 is 19.2 Å². The Bertz CT molecular complexity index is 1170. The summed E-state index contributed by atoms with van der Waals surface area (Å²) in [5, 5.41) is 13.6. The molecule has 29 heavy (non-hydrogen) atoms. The predicted octanol–water partition coefficient (Wildman–Crippen LogP) is 3.40. The van der Waals surface area contributed by atoms with Gasteiger partial charge in [-0.25, -0.2) is 15.4 Å². The summed E-state index contributed by atoms with van der Waals surface area (Å²) < 4.78 is 16.4. The average Bonchev–Trinajstić information content (AvgIpc) is 3.21. The molecule has 2 aromatic heterocycles. The highest BCUT2D eigenvalue weighted by molar-refractivity contribution is 5.94. The maximum absolute atomic E-state index is 11.2. The third-order valence-electron chi connectivity index (χ3n) is 4.35. The first kappa shape index (κ1) is 18.5. The van der Waals surface area contributed by atoms with Gasteiger partial charge in [-0.05, 0) is 30.3 Å². The average molecular weight is 394 g/mol. The van der Waals surface area contributed by atoms with Gasteiger partial charge in [-0.15, -0.1) is 0 Å². The lowest BCUT2D eigenvalue weighted by atomic mass is 10.2. The minimum absolute atomic E-state index is 0.00119. The van der Waals surface area contributed by atoms with E-state index in [1.165, 1.54) is 13.4 Å². The van der Waals surface area contributed by atoms with Crippen molar-refractivity contribution in [1.29, 1.82) is 0 Å². The van der Waals surface area contributed by atoms with Crippen molar-refractivity contribution in [3.05, 3.63) is 49.0 Å². The summed E-state index contributed by atoms with van der Waals surface area (Å²) in [6.45, 7) is 0.0713. The molecule has 0 saturated heterocycles. The van der Waals surface area contributed by atoms with E-state index < -0.39 is 5.91 Å². The number of rotatable bonds is 7. The molecule has 1 amide bonds. The van der Waals surface area contributed by atoms with Gasteiger partial charge in [0, 0.05) is 22.5 Å². The topological polar surface area (TPSA) is 119 Å². The number of benzene rings is 2. The number of furan rings is 1. The molecule has 4 aromatic rings. The molecule has 0 aliphatic heterocycles. The number of fused-ring (bicyclic) bond motifs is 2. The van der Waals surface area contributed by atoms with Crippen LogP contribution in [-0.2, 0) is 4.79 Å². The van der Waals surface area contributed by atoms with Crippen molar-refractivity contribution in [3.63, 3.8) is 0 Å². The number of carbonyl (C=O) groups is 1. The van der Waals surface area contributed by atoms with Gasteiger partial charge in [0.1, 0.15) is 17.7 Å². The van der Waals surface area contributed by atoms with Crippen LogP contribution in [0.2, 0.25) is 0 Å². The van der Waals surface area contributed by atoms with E-state index in [2.05, 4.69) is 15.3 Å². The lowest BCUT2D eigenvalue weighted by Gasteiger charge is -2.13. The number of hydroxylamine groups is 1. The smallest absolute Gasteiger partial charge is 0.246 e. The molecule has 0 spiro atoms. The van der Waals surface area contributed by atoms with Crippen molar-refractivity contribution in [1.82, 2.24) is 15.4 Å². The number of methoxy groups -OCH3 is 1. The van der Waals surface area contributed by atoms with Gasteiger partial charge >= 0.3 is 0 Å². The standard InChI is InChI=1S/C20H18N4O5/c1-27-17-10-15-14(9-18(17)29-7-5-19(25)24-26)20(22-11-21-15)23-13-2-3-16-12(8-13)4-6-28-16/h2-4,6,8-11,26H,5,7H2,1H3,(H,24,25)(H,21,22,23). The quantitative estimate of drug-likeness (QED) is 0.322. The zero-order chi connectivity index (χ0) is 20.2. The zero-order valence-corrected chi connectivity index (χ0v) is 15.5. The second-order valence-electron chi connectivity index (χ2n) is 6.17. The van der Waals surface area contributed by atoms with Crippen LogP contribution in [0.25, 0.3) is 21.9 Å². The van der Waals surface area contributed by atoms with Gasteiger partial charge in [0.25, 0.3) is 0 Å². The zero-order valence-electron chi connectivity index (χ0n) is 15.5. The van der Waals surface area contributed by atoms with Crippen LogP contribution < -0.4 is 20.3 Å². The summed E-state index contributed by atoms with van der Waals surface area (Å²) in [6.07, 6.45) is 3.10. The minimum atomic E-state index is -0.537. The fourth-order valence-electron chi connectivity index (χ4n) is 2.93.